The number of hydrogen-bond acceptors (Lipinski definition) is 4. The summed E-state index contributed by atoms with van der Waals surface area (Å²) >= 11 is 0. The Kier molecular flexibility index (Phi) is 1.49. The van der Waals surface area contributed by atoms with Gasteiger partial charge in [0.25, 0.3) is 5.78 Å². The summed E-state index contributed by atoms with van der Waals surface area (Å²) in [6.07, 6.45) is 3.06. The Bertz CT molecular complexity index is 358. The number of hydrogen-bond donors (Lipinski definition) is 0. The number of rotatable bonds is 1. The molecule has 0 amide bonds. The monoisotopic (exact) mass is 163 g/mol. The third kappa shape index (κ3) is 1.03. The highest BCUT2D eigenvalue weighted by atomic mass is 15.3. The molecule has 2 heterocycles. The Morgan fingerprint density at radius 1 is 1.42 bits per heavy atom. The van der Waals surface area contributed by atoms with Crippen LogP contribution in [0.1, 0.15) is 25.6 Å². The van der Waals surface area contributed by atoms with Crippen molar-refractivity contribution in [2.45, 2.75) is 19.8 Å². The predicted octanol–water partition coefficient (Wildman–Crippen LogP) is 0.643. The summed E-state index contributed by atoms with van der Waals surface area (Å²) in [5.74, 6) is 1.73. The lowest BCUT2D eigenvalue weighted by atomic mass is 10.2. The number of aromatic nitrogens is 5. The molecule has 0 unspecified atom stereocenters. The van der Waals surface area contributed by atoms with Gasteiger partial charge in [-0.05, 0) is 0 Å². The molecule has 0 N–H and O–H groups in total. The summed E-state index contributed by atoms with van der Waals surface area (Å²) in [6.45, 7) is 4.09. The quantitative estimate of drug-likeness (QED) is 0.619. The van der Waals surface area contributed by atoms with Crippen molar-refractivity contribution in [3.05, 3.63) is 18.5 Å². The fourth-order valence-electron chi connectivity index (χ4n) is 0.919. The van der Waals surface area contributed by atoms with Crippen molar-refractivity contribution in [3.63, 3.8) is 0 Å². The predicted molar refractivity (Wildman–Crippen MR) is 42.7 cm³/mol. The van der Waals surface area contributed by atoms with Crippen LogP contribution in [0.25, 0.3) is 5.78 Å². The van der Waals surface area contributed by atoms with E-state index in [-0.39, 0.29) is 0 Å². The van der Waals surface area contributed by atoms with Gasteiger partial charge in [0.15, 0.2) is 5.82 Å². The lowest BCUT2D eigenvalue weighted by Gasteiger charge is -1.92. The minimum atomic E-state index is 0.326. The maximum Gasteiger partial charge on any atom is 0.255 e. The van der Waals surface area contributed by atoms with Gasteiger partial charge in [0.1, 0.15) is 12.7 Å². The number of fused-ring (bicyclic) bond motifs is 1. The average Bonchev–Trinajstić information content (AvgIpc) is 2.46. The molecule has 62 valence electrons. The lowest BCUT2D eigenvalue weighted by Crippen LogP contribution is -1.92. The first-order valence-corrected chi connectivity index (χ1v) is 3.79. The molecule has 2 aromatic rings. The first-order valence-electron chi connectivity index (χ1n) is 3.79. The van der Waals surface area contributed by atoms with Crippen molar-refractivity contribution >= 4 is 5.78 Å². The zero-order valence-electron chi connectivity index (χ0n) is 6.97. The van der Waals surface area contributed by atoms with Crippen LogP contribution in [0.15, 0.2) is 12.7 Å². The van der Waals surface area contributed by atoms with E-state index in [4.69, 9.17) is 0 Å². The highest BCUT2D eigenvalue weighted by molar-refractivity contribution is 5.23. The van der Waals surface area contributed by atoms with Gasteiger partial charge < -0.3 is 0 Å². The normalized spacial score (nSPS) is 11.2. The maximum absolute atomic E-state index is 4.21. The minimum Gasteiger partial charge on any atom is -0.225 e. The van der Waals surface area contributed by atoms with Crippen molar-refractivity contribution in [3.8, 4) is 0 Å². The first kappa shape index (κ1) is 7.15. The summed E-state index contributed by atoms with van der Waals surface area (Å²) in [5, 5.41) is 4.19. The highest BCUT2D eigenvalue weighted by Crippen LogP contribution is 2.08. The molecule has 0 aliphatic heterocycles. The van der Waals surface area contributed by atoms with Crippen LogP contribution in [-0.4, -0.2) is 24.6 Å². The van der Waals surface area contributed by atoms with Gasteiger partial charge in [-0.3, -0.25) is 0 Å². The number of nitrogens with zero attached hydrogens (tertiary/aromatic N) is 5. The van der Waals surface area contributed by atoms with Gasteiger partial charge in [-0.2, -0.15) is 14.5 Å². The molecule has 0 saturated carbocycles. The van der Waals surface area contributed by atoms with Crippen molar-refractivity contribution in [1.29, 1.82) is 0 Å². The van der Waals surface area contributed by atoms with Crippen LogP contribution in [0.2, 0.25) is 0 Å². The smallest absolute Gasteiger partial charge is 0.225 e. The third-order valence-electron chi connectivity index (χ3n) is 1.56. The van der Waals surface area contributed by atoms with E-state index in [1.807, 2.05) is 13.8 Å². The molecule has 0 aromatic carbocycles. The van der Waals surface area contributed by atoms with Crippen LogP contribution >= 0.6 is 0 Å². The molecular formula is C7H9N5. The fourth-order valence-corrected chi connectivity index (χ4v) is 0.919. The first-order chi connectivity index (χ1) is 5.77. The van der Waals surface area contributed by atoms with Gasteiger partial charge in [0, 0.05) is 5.92 Å². The molecule has 5 heteroatoms. The molecule has 0 aliphatic carbocycles. The lowest BCUT2D eigenvalue weighted by molar-refractivity contribution is 0.760. The summed E-state index contributed by atoms with van der Waals surface area (Å²) in [5.41, 5.74) is 0. The Hall–Kier alpha value is -1.52. The van der Waals surface area contributed by atoms with Gasteiger partial charge in [-0.25, -0.2) is 4.98 Å². The molecule has 5 nitrogen and oxygen atoms in total. The van der Waals surface area contributed by atoms with E-state index >= 15 is 0 Å². The standard InChI is InChI=1S/C7H9N5/c1-5(2)6-10-7-9-3-8-4-12(7)11-6/h3-5H,1-2H3. The minimum absolute atomic E-state index is 0.326. The maximum atomic E-state index is 4.21. The summed E-state index contributed by atoms with van der Waals surface area (Å²) in [4.78, 5) is 12.0. The average molecular weight is 163 g/mol. The molecule has 0 fully saturated rings. The second-order valence-electron chi connectivity index (χ2n) is 2.88. The summed E-state index contributed by atoms with van der Waals surface area (Å²) < 4.78 is 1.58. The molecular weight excluding hydrogens is 154 g/mol. The van der Waals surface area contributed by atoms with Gasteiger partial charge >= 0.3 is 0 Å². The van der Waals surface area contributed by atoms with Crippen molar-refractivity contribution in [2.75, 3.05) is 0 Å². The third-order valence-corrected chi connectivity index (χ3v) is 1.56. The Morgan fingerprint density at radius 3 is 2.92 bits per heavy atom. The largest absolute Gasteiger partial charge is 0.255 e. The van der Waals surface area contributed by atoms with Crippen LogP contribution in [0.5, 0.6) is 0 Å². The van der Waals surface area contributed by atoms with Crippen LogP contribution in [-0.2, 0) is 0 Å². The fraction of sp³-hybridized carbons (Fsp3) is 0.429. The Balaban J connectivity index is 2.62. The SMILES string of the molecule is CC(C)c1nc2ncncn2n1. The molecule has 0 spiro atoms. The highest BCUT2D eigenvalue weighted by Gasteiger charge is 2.06. The van der Waals surface area contributed by atoms with E-state index in [0.717, 1.165) is 5.82 Å². The van der Waals surface area contributed by atoms with Gasteiger partial charge in [0.05, 0.1) is 0 Å². The molecule has 0 aliphatic rings. The van der Waals surface area contributed by atoms with Crippen LogP contribution in [0.3, 0.4) is 0 Å². The van der Waals surface area contributed by atoms with Crippen LogP contribution < -0.4 is 0 Å². The summed E-state index contributed by atoms with van der Waals surface area (Å²) in [7, 11) is 0. The van der Waals surface area contributed by atoms with E-state index in [2.05, 4.69) is 20.1 Å². The van der Waals surface area contributed by atoms with E-state index in [1.54, 1.807) is 10.8 Å². The van der Waals surface area contributed by atoms with E-state index < -0.39 is 0 Å². The van der Waals surface area contributed by atoms with Crippen LogP contribution in [0, 0.1) is 0 Å². The van der Waals surface area contributed by atoms with Crippen molar-refractivity contribution < 1.29 is 0 Å². The second-order valence-corrected chi connectivity index (χ2v) is 2.88. The Labute approximate surface area is 69.5 Å². The topological polar surface area (TPSA) is 56.0 Å². The second kappa shape index (κ2) is 2.51. The molecule has 2 aromatic heterocycles. The van der Waals surface area contributed by atoms with Gasteiger partial charge in [-0.15, -0.1) is 5.10 Å². The molecule has 2 rings (SSSR count). The van der Waals surface area contributed by atoms with Gasteiger partial charge in [0.2, 0.25) is 0 Å². The van der Waals surface area contributed by atoms with Crippen molar-refractivity contribution in [1.82, 2.24) is 24.6 Å². The molecule has 0 atom stereocenters. The molecule has 0 radical (unpaired) electrons. The van der Waals surface area contributed by atoms with Crippen molar-refractivity contribution in [2.24, 2.45) is 0 Å². The molecule has 12 heavy (non-hydrogen) atoms. The van der Waals surface area contributed by atoms with E-state index in [1.165, 1.54) is 6.33 Å². The van der Waals surface area contributed by atoms with Gasteiger partial charge in [-0.1, -0.05) is 13.8 Å². The Morgan fingerprint density at radius 2 is 2.25 bits per heavy atom. The zero-order valence-corrected chi connectivity index (χ0v) is 6.97. The van der Waals surface area contributed by atoms with Crippen LogP contribution in [0.4, 0.5) is 0 Å². The molecule has 0 saturated heterocycles. The van der Waals surface area contributed by atoms with E-state index in [0.29, 0.717) is 11.7 Å². The summed E-state index contributed by atoms with van der Waals surface area (Å²) in [6, 6.07) is 0. The van der Waals surface area contributed by atoms with E-state index in [9.17, 15) is 0 Å². The molecule has 0 bridgehead atoms. The zero-order chi connectivity index (χ0) is 8.55.